The number of carbonyl (C=O) groups is 5. The predicted octanol–water partition coefficient (Wildman–Crippen LogP) is 2.79. The first-order chi connectivity index (χ1) is 46.0. The van der Waals surface area contributed by atoms with Crippen molar-refractivity contribution in [1.29, 1.82) is 0 Å². The number of aliphatic carboxylic acids is 3. The number of amides is 4. The molecule has 31 nitrogen and oxygen atoms in total. The molecule has 31 heteroatoms. The van der Waals surface area contributed by atoms with Crippen molar-refractivity contribution in [3.05, 3.63) is 18.2 Å². The zero-order chi connectivity index (χ0) is 67.8. The number of anilines is 2. The second-order valence-corrected chi connectivity index (χ2v) is 21.7. The van der Waals surface area contributed by atoms with Gasteiger partial charge in [-0.1, -0.05) is 25.7 Å². The lowest BCUT2D eigenvalue weighted by Gasteiger charge is -2.33. The molecule has 0 aromatic heterocycles. The number of urea groups is 2. The summed E-state index contributed by atoms with van der Waals surface area (Å²) in [6, 6.07) is 4.17. The number of carboxylic acids is 3. The number of carboxylic acid groups (broad SMARTS) is 3. The van der Waals surface area contributed by atoms with Crippen LogP contribution >= 0.6 is 0 Å². The average molecular weight is 1350 g/mol. The molecule has 7 N–H and O–H groups in total. The minimum Gasteiger partial charge on any atom is -0.493 e. The second-order valence-electron chi connectivity index (χ2n) is 21.7. The Bertz CT molecular complexity index is 1880. The summed E-state index contributed by atoms with van der Waals surface area (Å²) in [5, 5.41) is 40.4. The summed E-state index contributed by atoms with van der Waals surface area (Å²) in [6.07, 6.45) is 7.46. The van der Waals surface area contributed by atoms with Crippen molar-refractivity contribution in [3.63, 3.8) is 0 Å². The molecule has 0 bridgehead atoms. The van der Waals surface area contributed by atoms with Crippen LogP contribution in [0, 0.1) is 0 Å². The van der Waals surface area contributed by atoms with Crippen LogP contribution in [0.25, 0.3) is 0 Å². The first-order valence-corrected chi connectivity index (χ1v) is 33.3. The van der Waals surface area contributed by atoms with Crippen molar-refractivity contribution < 1.29 is 110 Å². The Labute approximate surface area is 556 Å². The monoisotopic (exact) mass is 1350 g/mol. The van der Waals surface area contributed by atoms with Crippen LogP contribution in [0.2, 0.25) is 0 Å². The van der Waals surface area contributed by atoms with E-state index in [1.54, 1.807) is 47.1 Å². The van der Waals surface area contributed by atoms with Crippen LogP contribution in [0.3, 0.4) is 0 Å². The van der Waals surface area contributed by atoms with E-state index in [0.29, 0.717) is 267 Å². The molecular weight excluding hydrogens is 1240 g/mol. The Balaban J connectivity index is 1.77. The van der Waals surface area contributed by atoms with E-state index in [2.05, 4.69) is 26.2 Å². The molecule has 0 saturated carbocycles. The molecule has 0 radical (unpaired) electrons. The Morgan fingerprint density at radius 1 is 0.330 bits per heavy atom. The SMILES string of the molecule is COCCOCCOCCOCCOCCOCCOCCCCCCNC(=O)Nc1cc(NC(=O)NCCCCCCOCCOCCOCCOCCOCCOCCOC)cc(OCCCN2CCN(CC(=O)O)CCN(CC(=O)O)CCN(CC(=O)O)CC2)c1. The lowest BCUT2D eigenvalue weighted by Crippen LogP contribution is -2.48. The van der Waals surface area contributed by atoms with Gasteiger partial charge in [-0.2, -0.15) is 0 Å². The molecule has 546 valence electrons. The maximum atomic E-state index is 13.2. The van der Waals surface area contributed by atoms with Gasteiger partial charge in [0.25, 0.3) is 0 Å². The van der Waals surface area contributed by atoms with E-state index >= 15 is 0 Å². The lowest BCUT2D eigenvalue weighted by atomic mass is 10.2. The highest BCUT2D eigenvalue weighted by atomic mass is 16.6. The molecule has 0 aliphatic carbocycles. The Hall–Kier alpha value is -4.75. The molecule has 94 heavy (non-hydrogen) atoms. The first kappa shape index (κ1) is 85.3. The zero-order valence-corrected chi connectivity index (χ0v) is 56.4. The van der Waals surface area contributed by atoms with Gasteiger partial charge in [0.05, 0.1) is 185 Å². The zero-order valence-electron chi connectivity index (χ0n) is 56.4. The summed E-state index contributed by atoms with van der Waals surface area (Å²) in [4.78, 5) is 68.9. The number of nitrogens with one attached hydrogen (secondary N) is 4. The molecule has 1 saturated heterocycles. The van der Waals surface area contributed by atoms with Crippen LogP contribution in [0.4, 0.5) is 21.0 Å². The molecule has 1 aromatic rings. The van der Waals surface area contributed by atoms with Gasteiger partial charge < -0.3 is 113 Å². The van der Waals surface area contributed by atoms with Gasteiger partial charge in [-0.25, -0.2) is 9.59 Å². The fraction of sp³-hybridized carbons (Fsp3) is 0.825. The Kier molecular flexibility index (Phi) is 57.2. The van der Waals surface area contributed by atoms with E-state index in [1.807, 2.05) is 0 Å². The van der Waals surface area contributed by atoms with Crippen LogP contribution in [0.5, 0.6) is 5.75 Å². The number of nitrogens with zero attached hydrogens (tertiary/aromatic N) is 4. The third kappa shape index (κ3) is 55.4. The highest BCUT2D eigenvalue weighted by Gasteiger charge is 2.21. The van der Waals surface area contributed by atoms with Crippen LogP contribution < -0.4 is 26.0 Å². The summed E-state index contributed by atoms with van der Waals surface area (Å²) >= 11 is 0. The van der Waals surface area contributed by atoms with E-state index in [-0.39, 0.29) is 26.2 Å². The lowest BCUT2D eigenvalue weighted by molar-refractivity contribution is -0.140. The van der Waals surface area contributed by atoms with E-state index in [4.69, 9.17) is 71.1 Å². The average Bonchev–Trinajstić information content (AvgIpc) is 1.38. The molecule has 0 unspecified atom stereocenters. The highest BCUT2D eigenvalue weighted by molar-refractivity contribution is 5.93. The number of methoxy groups -OCH3 is 2. The molecule has 2 rings (SSSR count). The molecule has 0 atom stereocenters. The number of hydrogen-bond acceptors (Lipinski definition) is 24. The Morgan fingerprint density at radius 2 is 0.596 bits per heavy atom. The van der Waals surface area contributed by atoms with Crippen molar-refractivity contribution >= 4 is 41.3 Å². The number of rotatable bonds is 63. The topological polar surface area (TPSA) is 346 Å². The van der Waals surface area contributed by atoms with Gasteiger partial charge in [0.1, 0.15) is 5.75 Å². The van der Waals surface area contributed by atoms with Gasteiger partial charge in [0.2, 0.25) is 0 Å². The minimum atomic E-state index is -1.02. The minimum absolute atomic E-state index is 0.214. The summed E-state index contributed by atoms with van der Waals surface area (Å²) in [6.45, 7) is 17.2. The number of carbonyl (C=O) groups excluding carboxylic acids is 2. The van der Waals surface area contributed by atoms with Gasteiger partial charge in [0.15, 0.2) is 0 Å². The summed E-state index contributed by atoms with van der Waals surface area (Å²) in [5.74, 6) is -2.61. The largest absolute Gasteiger partial charge is 0.493 e. The molecule has 1 aliphatic heterocycles. The van der Waals surface area contributed by atoms with E-state index in [0.717, 1.165) is 51.4 Å². The summed E-state index contributed by atoms with van der Waals surface area (Å²) in [7, 11) is 3.27. The van der Waals surface area contributed by atoms with Crippen molar-refractivity contribution in [2.75, 3.05) is 295 Å². The normalized spacial score (nSPS) is 13.9. The van der Waals surface area contributed by atoms with Crippen LogP contribution in [0.15, 0.2) is 18.2 Å². The van der Waals surface area contributed by atoms with Crippen LogP contribution in [0.1, 0.15) is 57.8 Å². The molecule has 1 heterocycles. The van der Waals surface area contributed by atoms with Crippen molar-refractivity contribution in [2.45, 2.75) is 57.8 Å². The Morgan fingerprint density at radius 3 is 0.883 bits per heavy atom. The van der Waals surface area contributed by atoms with Gasteiger partial charge in [-0.3, -0.25) is 29.1 Å². The predicted molar refractivity (Wildman–Crippen MR) is 350 cm³/mol. The quantitative estimate of drug-likeness (QED) is 0.0461. The number of unbranched alkanes of at least 4 members (excludes halogenated alkanes) is 6. The molecule has 4 amide bonds. The second kappa shape index (κ2) is 63.0. The third-order valence-electron chi connectivity index (χ3n) is 13.9. The fourth-order valence-corrected chi connectivity index (χ4v) is 8.96. The van der Waals surface area contributed by atoms with E-state index < -0.39 is 30.0 Å². The van der Waals surface area contributed by atoms with Gasteiger partial charge in [-0.15, -0.1) is 0 Å². The standard InChI is InChI=1S/C63H116N8O23/c1-80-26-28-84-34-36-88-42-44-92-48-46-90-40-38-86-32-30-82-23-9-5-3-7-12-64-62(78)66-56-50-57(67-63(79)65-13-8-4-6-10-24-83-31-33-87-39-41-91-47-49-93-45-43-89-37-35-85-29-27-81-2)52-58(51-56)94-25-11-14-68-15-17-69(53-59(72)73)19-21-71(55-61(76)77)22-20-70(18-16-68)54-60(74)75/h50-52H,3-49,53-55H2,1-2H3,(H,72,73)(H,74,75)(H,76,77)(H2,64,66,78)(H2,65,67,79). The third-order valence-corrected chi connectivity index (χ3v) is 13.9. The number of ether oxygens (including phenoxy) is 15. The summed E-state index contributed by atoms with van der Waals surface area (Å²) in [5.41, 5.74) is 0.797. The van der Waals surface area contributed by atoms with Crippen LogP contribution in [-0.4, -0.2) is 349 Å². The van der Waals surface area contributed by atoms with E-state index in [9.17, 15) is 39.3 Å². The van der Waals surface area contributed by atoms with Crippen molar-refractivity contribution in [2.24, 2.45) is 0 Å². The molecule has 1 aliphatic rings. The molecule has 1 fully saturated rings. The maximum absolute atomic E-state index is 13.2. The summed E-state index contributed by atoms with van der Waals surface area (Å²) < 4.78 is 82.3. The molecule has 0 spiro atoms. The maximum Gasteiger partial charge on any atom is 0.319 e. The van der Waals surface area contributed by atoms with Crippen molar-refractivity contribution in [3.8, 4) is 5.75 Å². The van der Waals surface area contributed by atoms with Crippen molar-refractivity contribution in [1.82, 2.24) is 30.2 Å². The highest BCUT2D eigenvalue weighted by Crippen LogP contribution is 2.25. The molecular formula is C63H116N8O23. The first-order valence-electron chi connectivity index (χ1n) is 33.3. The van der Waals surface area contributed by atoms with Gasteiger partial charge in [-0.05, 0) is 38.2 Å². The number of hydrogen-bond donors (Lipinski definition) is 7. The fourth-order valence-electron chi connectivity index (χ4n) is 8.96. The number of benzene rings is 1. The van der Waals surface area contributed by atoms with E-state index in [1.165, 1.54) is 0 Å². The van der Waals surface area contributed by atoms with Gasteiger partial charge >= 0.3 is 30.0 Å². The molecule has 1 aromatic carbocycles. The smallest absolute Gasteiger partial charge is 0.319 e. The van der Waals surface area contributed by atoms with Gasteiger partial charge in [0, 0.05) is 123 Å². The van der Waals surface area contributed by atoms with Crippen LogP contribution in [-0.2, 0) is 80.7 Å².